The molecule has 120 valence electrons. The summed E-state index contributed by atoms with van der Waals surface area (Å²) in [6.45, 7) is 1.46. The third-order valence-corrected chi connectivity index (χ3v) is 3.73. The monoisotopic (exact) mass is 311 g/mol. The molecule has 0 bridgehead atoms. The summed E-state index contributed by atoms with van der Waals surface area (Å²) in [5.74, 6) is 0.837. The summed E-state index contributed by atoms with van der Waals surface area (Å²) in [7, 11) is 3.76. The van der Waals surface area contributed by atoms with Gasteiger partial charge in [0, 0.05) is 44.3 Å². The van der Waals surface area contributed by atoms with Gasteiger partial charge in [-0.2, -0.15) is 0 Å². The predicted octanol–water partition coefficient (Wildman–Crippen LogP) is 2.41. The average Bonchev–Trinajstić information content (AvgIpc) is 3.20. The van der Waals surface area contributed by atoms with Crippen molar-refractivity contribution in [1.82, 2.24) is 20.4 Å². The van der Waals surface area contributed by atoms with Crippen molar-refractivity contribution >= 4 is 16.9 Å². The van der Waals surface area contributed by atoms with Crippen LogP contribution in [0.3, 0.4) is 0 Å². The van der Waals surface area contributed by atoms with Gasteiger partial charge in [0.15, 0.2) is 5.96 Å². The number of fused-ring (bicyclic) bond motifs is 1. The van der Waals surface area contributed by atoms with Crippen LogP contribution in [0.4, 0.5) is 0 Å². The van der Waals surface area contributed by atoms with Gasteiger partial charge in [-0.05, 0) is 17.5 Å². The highest BCUT2D eigenvalue weighted by Gasteiger charge is 2.08. The number of hydrogen-bond acceptors (Lipinski definition) is 3. The maximum atomic E-state index is 4.86. The number of rotatable bonds is 5. The Morgan fingerprint density at radius 3 is 2.96 bits per heavy atom. The van der Waals surface area contributed by atoms with E-state index in [-0.39, 0.29) is 0 Å². The number of aromatic nitrogens is 2. The van der Waals surface area contributed by atoms with Crippen molar-refractivity contribution in [3.05, 3.63) is 54.0 Å². The van der Waals surface area contributed by atoms with Crippen LogP contribution in [0, 0.1) is 0 Å². The molecule has 0 saturated heterocycles. The second kappa shape index (κ2) is 7.00. The van der Waals surface area contributed by atoms with Crippen LogP contribution in [0.2, 0.25) is 0 Å². The topological polar surface area (TPSA) is 69.5 Å². The molecule has 2 heterocycles. The fraction of sp³-hybridized carbons (Fsp3) is 0.294. The maximum Gasteiger partial charge on any atom is 0.193 e. The Morgan fingerprint density at radius 2 is 2.22 bits per heavy atom. The fourth-order valence-electron chi connectivity index (χ4n) is 2.60. The lowest BCUT2D eigenvalue weighted by atomic mass is 10.2. The molecule has 6 heteroatoms. The second-order valence-corrected chi connectivity index (χ2v) is 5.45. The quantitative estimate of drug-likeness (QED) is 0.561. The Morgan fingerprint density at radius 1 is 1.35 bits per heavy atom. The molecule has 0 unspecified atom stereocenters. The number of hydrogen-bond donors (Lipinski definition) is 2. The maximum absolute atomic E-state index is 4.86. The molecular weight excluding hydrogens is 290 g/mol. The number of benzene rings is 1. The smallest absolute Gasteiger partial charge is 0.193 e. The number of aromatic amines is 1. The Bertz CT molecular complexity index is 742. The third-order valence-electron chi connectivity index (χ3n) is 3.73. The molecule has 0 amide bonds. The highest BCUT2D eigenvalue weighted by atomic mass is 16.5. The molecule has 0 fully saturated rings. The van der Waals surface area contributed by atoms with E-state index in [9.17, 15) is 0 Å². The summed E-state index contributed by atoms with van der Waals surface area (Å²) < 4.78 is 4.86. The third kappa shape index (κ3) is 3.71. The van der Waals surface area contributed by atoms with Crippen molar-refractivity contribution in [2.75, 3.05) is 20.6 Å². The van der Waals surface area contributed by atoms with E-state index < -0.39 is 0 Å². The fourth-order valence-corrected chi connectivity index (χ4v) is 2.60. The van der Waals surface area contributed by atoms with Gasteiger partial charge in [0.1, 0.15) is 12.0 Å². The summed E-state index contributed by atoms with van der Waals surface area (Å²) in [4.78, 5) is 9.76. The van der Waals surface area contributed by atoms with Gasteiger partial charge < -0.3 is 19.7 Å². The van der Waals surface area contributed by atoms with Crippen molar-refractivity contribution in [2.24, 2.45) is 4.99 Å². The van der Waals surface area contributed by atoms with Crippen LogP contribution in [-0.4, -0.2) is 41.6 Å². The SMILES string of the molecule is CN=C(NCCc1cc2ccccc2[nH]1)N(C)Cc1ccon1. The molecule has 1 aromatic carbocycles. The highest BCUT2D eigenvalue weighted by Crippen LogP contribution is 2.14. The van der Waals surface area contributed by atoms with Crippen LogP contribution in [0.5, 0.6) is 0 Å². The van der Waals surface area contributed by atoms with E-state index >= 15 is 0 Å². The predicted molar refractivity (Wildman–Crippen MR) is 91.3 cm³/mol. The molecule has 23 heavy (non-hydrogen) atoms. The number of H-pyrrole nitrogens is 1. The molecule has 0 aliphatic rings. The molecule has 0 atom stereocenters. The molecule has 0 aliphatic heterocycles. The Kier molecular flexibility index (Phi) is 4.61. The van der Waals surface area contributed by atoms with E-state index in [4.69, 9.17) is 4.52 Å². The van der Waals surface area contributed by atoms with Crippen LogP contribution in [-0.2, 0) is 13.0 Å². The Hall–Kier alpha value is -2.76. The van der Waals surface area contributed by atoms with Gasteiger partial charge in [-0.1, -0.05) is 23.4 Å². The number of nitrogens with zero attached hydrogens (tertiary/aromatic N) is 3. The zero-order valence-corrected chi connectivity index (χ0v) is 13.4. The number of para-hydroxylation sites is 1. The molecule has 3 aromatic rings. The molecule has 0 radical (unpaired) electrons. The van der Waals surface area contributed by atoms with E-state index in [0.717, 1.165) is 24.6 Å². The largest absolute Gasteiger partial charge is 0.364 e. The average molecular weight is 311 g/mol. The highest BCUT2D eigenvalue weighted by molar-refractivity contribution is 5.80. The van der Waals surface area contributed by atoms with Crippen LogP contribution < -0.4 is 5.32 Å². The first kappa shape index (κ1) is 15.1. The molecule has 2 aromatic heterocycles. The lowest BCUT2D eigenvalue weighted by molar-refractivity contribution is 0.391. The summed E-state index contributed by atoms with van der Waals surface area (Å²) in [5.41, 5.74) is 3.27. The van der Waals surface area contributed by atoms with Gasteiger partial charge in [-0.25, -0.2) is 0 Å². The molecule has 0 spiro atoms. The summed E-state index contributed by atoms with van der Waals surface area (Å²) in [6.07, 6.45) is 2.49. The van der Waals surface area contributed by atoms with E-state index in [1.165, 1.54) is 16.6 Å². The minimum absolute atomic E-state index is 0.655. The molecule has 3 rings (SSSR count). The Labute approximate surface area is 135 Å². The standard InChI is InChI=1S/C17H21N5O/c1-18-17(22(2)12-15-8-10-23-21-15)19-9-7-14-11-13-5-3-4-6-16(13)20-14/h3-6,8,10-11,20H,7,9,12H2,1-2H3,(H,18,19). The van der Waals surface area contributed by atoms with E-state index in [0.29, 0.717) is 6.54 Å². The minimum Gasteiger partial charge on any atom is -0.364 e. The second-order valence-electron chi connectivity index (χ2n) is 5.45. The van der Waals surface area contributed by atoms with Crippen molar-refractivity contribution < 1.29 is 4.52 Å². The van der Waals surface area contributed by atoms with Gasteiger partial charge in [0.2, 0.25) is 0 Å². The van der Waals surface area contributed by atoms with Crippen molar-refractivity contribution in [1.29, 1.82) is 0 Å². The lowest BCUT2D eigenvalue weighted by Gasteiger charge is -2.20. The minimum atomic E-state index is 0.655. The Balaban J connectivity index is 1.53. The zero-order valence-electron chi connectivity index (χ0n) is 13.4. The first-order valence-corrected chi connectivity index (χ1v) is 7.64. The first-order valence-electron chi connectivity index (χ1n) is 7.64. The van der Waals surface area contributed by atoms with Crippen LogP contribution in [0.15, 0.2) is 52.2 Å². The first-order chi connectivity index (χ1) is 11.3. The molecule has 6 nitrogen and oxygen atoms in total. The zero-order chi connectivity index (χ0) is 16.1. The van der Waals surface area contributed by atoms with Gasteiger partial charge in [-0.15, -0.1) is 0 Å². The summed E-state index contributed by atoms with van der Waals surface area (Å²) in [5, 5.41) is 8.54. The normalized spacial score (nSPS) is 11.8. The van der Waals surface area contributed by atoms with E-state index in [2.05, 4.69) is 44.7 Å². The van der Waals surface area contributed by atoms with E-state index in [1.807, 2.05) is 24.1 Å². The van der Waals surface area contributed by atoms with Crippen LogP contribution in [0.25, 0.3) is 10.9 Å². The number of guanidine groups is 1. The summed E-state index contributed by atoms with van der Waals surface area (Å²) >= 11 is 0. The molecule has 0 saturated carbocycles. The van der Waals surface area contributed by atoms with Gasteiger partial charge in [0.25, 0.3) is 0 Å². The number of aliphatic imine (C=N–C) groups is 1. The molecule has 0 aliphatic carbocycles. The lowest BCUT2D eigenvalue weighted by Crippen LogP contribution is -2.39. The van der Waals surface area contributed by atoms with Crippen LogP contribution >= 0.6 is 0 Å². The van der Waals surface area contributed by atoms with Gasteiger partial charge >= 0.3 is 0 Å². The number of nitrogens with one attached hydrogen (secondary N) is 2. The summed E-state index contributed by atoms with van der Waals surface area (Å²) in [6, 6.07) is 12.4. The molecular formula is C17H21N5O. The van der Waals surface area contributed by atoms with Gasteiger partial charge in [0.05, 0.1) is 6.54 Å². The molecule has 2 N–H and O–H groups in total. The van der Waals surface area contributed by atoms with Gasteiger partial charge in [-0.3, -0.25) is 4.99 Å². The van der Waals surface area contributed by atoms with Crippen molar-refractivity contribution in [3.8, 4) is 0 Å². The van der Waals surface area contributed by atoms with Crippen molar-refractivity contribution in [3.63, 3.8) is 0 Å². The van der Waals surface area contributed by atoms with E-state index in [1.54, 1.807) is 13.3 Å². The van der Waals surface area contributed by atoms with Crippen LogP contribution in [0.1, 0.15) is 11.4 Å². The van der Waals surface area contributed by atoms with Crippen molar-refractivity contribution in [2.45, 2.75) is 13.0 Å².